The summed E-state index contributed by atoms with van der Waals surface area (Å²) in [5.74, 6) is 1.85. The number of hydrogen-bond acceptors (Lipinski definition) is 4. The monoisotopic (exact) mass is 668 g/mol. The summed E-state index contributed by atoms with van der Waals surface area (Å²) < 4.78 is 8.68. The molecule has 0 spiro atoms. The minimum atomic E-state index is 0.601. The van der Waals surface area contributed by atoms with Crippen molar-refractivity contribution in [3.63, 3.8) is 0 Å². The standard InChI is InChI=1S/C47H32N4O/c1-29-17-22-40-37(25-29)38-26-30(2)18-23-41(38)51(40)42-24-20-33(34-19-21-36-35-15-9-10-16-43(35)52-44(36)28-34)27-39(42)47-49-45(31-11-5-3-6-12-31)48-46(50-47)32-13-7-4-8-14-32/h3-28H,1-2H3. The molecule has 10 rings (SSSR count). The van der Waals surface area contributed by atoms with Gasteiger partial charge in [0.15, 0.2) is 17.5 Å². The minimum Gasteiger partial charge on any atom is -0.456 e. The van der Waals surface area contributed by atoms with Crippen LogP contribution in [-0.4, -0.2) is 19.5 Å². The molecule has 0 fully saturated rings. The number of hydrogen-bond donors (Lipinski definition) is 0. The summed E-state index contributed by atoms with van der Waals surface area (Å²) in [6.45, 7) is 4.30. The molecule has 5 nitrogen and oxygen atoms in total. The van der Waals surface area contributed by atoms with Crippen LogP contribution in [0.25, 0.3) is 94.7 Å². The highest BCUT2D eigenvalue weighted by Gasteiger charge is 2.21. The van der Waals surface area contributed by atoms with Crippen LogP contribution in [0, 0.1) is 13.8 Å². The van der Waals surface area contributed by atoms with Crippen LogP contribution in [0.1, 0.15) is 11.1 Å². The molecular weight excluding hydrogens is 637 g/mol. The van der Waals surface area contributed by atoms with Crippen LogP contribution in [0.3, 0.4) is 0 Å². The van der Waals surface area contributed by atoms with E-state index >= 15 is 0 Å². The van der Waals surface area contributed by atoms with Crippen molar-refractivity contribution in [1.29, 1.82) is 0 Å². The zero-order chi connectivity index (χ0) is 34.8. The molecule has 0 unspecified atom stereocenters. The Kier molecular flexibility index (Phi) is 6.86. The van der Waals surface area contributed by atoms with E-state index in [1.165, 1.54) is 21.9 Å². The van der Waals surface area contributed by atoms with E-state index in [-0.39, 0.29) is 0 Å². The number of fused-ring (bicyclic) bond motifs is 6. The first-order chi connectivity index (χ1) is 25.6. The fraction of sp³-hybridized carbons (Fsp3) is 0.0426. The third-order valence-corrected chi connectivity index (χ3v) is 9.97. The lowest BCUT2D eigenvalue weighted by atomic mass is 9.99. The first-order valence-electron chi connectivity index (χ1n) is 17.5. The van der Waals surface area contributed by atoms with E-state index in [2.05, 4.69) is 103 Å². The van der Waals surface area contributed by atoms with E-state index in [1.807, 2.05) is 72.8 Å². The molecule has 10 aromatic rings. The second-order valence-electron chi connectivity index (χ2n) is 13.5. The van der Waals surface area contributed by atoms with Gasteiger partial charge in [0.1, 0.15) is 11.2 Å². The SMILES string of the molecule is Cc1ccc2c(c1)c1cc(C)ccc1n2-c1ccc(-c2ccc3c(c2)oc2ccccc23)cc1-c1nc(-c2ccccc2)nc(-c2ccccc2)n1. The summed E-state index contributed by atoms with van der Waals surface area (Å²) in [4.78, 5) is 15.4. The number of furan rings is 1. The first kappa shape index (κ1) is 30.0. The molecule has 0 radical (unpaired) electrons. The highest BCUT2D eigenvalue weighted by molar-refractivity contribution is 6.10. The summed E-state index contributed by atoms with van der Waals surface area (Å²) in [7, 11) is 0. The van der Waals surface area contributed by atoms with Crippen LogP contribution in [0.5, 0.6) is 0 Å². The quantitative estimate of drug-likeness (QED) is 0.183. The zero-order valence-electron chi connectivity index (χ0n) is 28.7. The van der Waals surface area contributed by atoms with E-state index in [4.69, 9.17) is 19.4 Å². The van der Waals surface area contributed by atoms with E-state index in [9.17, 15) is 0 Å². The molecule has 0 amide bonds. The van der Waals surface area contributed by atoms with Crippen molar-refractivity contribution in [2.75, 3.05) is 0 Å². The van der Waals surface area contributed by atoms with Gasteiger partial charge in [-0.1, -0.05) is 114 Å². The molecule has 52 heavy (non-hydrogen) atoms. The Morgan fingerprint density at radius 2 is 0.942 bits per heavy atom. The van der Waals surface area contributed by atoms with Gasteiger partial charge in [0.05, 0.1) is 16.7 Å². The highest BCUT2D eigenvalue weighted by Crippen LogP contribution is 2.40. The number of para-hydroxylation sites is 1. The Morgan fingerprint density at radius 3 is 1.60 bits per heavy atom. The number of aryl methyl sites for hydroxylation is 2. The van der Waals surface area contributed by atoms with Gasteiger partial charge < -0.3 is 8.98 Å². The molecule has 0 saturated carbocycles. The minimum absolute atomic E-state index is 0.601. The van der Waals surface area contributed by atoms with Crippen molar-refractivity contribution in [2.45, 2.75) is 13.8 Å². The van der Waals surface area contributed by atoms with E-state index in [0.29, 0.717) is 17.5 Å². The largest absolute Gasteiger partial charge is 0.456 e. The van der Waals surface area contributed by atoms with E-state index in [1.54, 1.807) is 0 Å². The van der Waals surface area contributed by atoms with Crippen LogP contribution in [-0.2, 0) is 0 Å². The lowest BCUT2D eigenvalue weighted by Gasteiger charge is -2.16. The summed E-state index contributed by atoms with van der Waals surface area (Å²) >= 11 is 0. The number of benzene rings is 7. The Hall–Kier alpha value is -6.85. The summed E-state index contributed by atoms with van der Waals surface area (Å²) in [5.41, 5.74) is 12.3. The van der Waals surface area contributed by atoms with Crippen molar-refractivity contribution < 1.29 is 4.42 Å². The third kappa shape index (κ3) is 4.97. The average Bonchev–Trinajstić information content (AvgIpc) is 3.72. The molecule has 0 bridgehead atoms. The van der Waals surface area contributed by atoms with Gasteiger partial charge in [-0.25, -0.2) is 15.0 Å². The van der Waals surface area contributed by atoms with Gasteiger partial charge in [0, 0.05) is 38.2 Å². The first-order valence-corrected chi connectivity index (χ1v) is 17.5. The van der Waals surface area contributed by atoms with Gasteiger partial charge in [-0.05, 0) is 79.6 Å². The molecule has 0 saturated heterocycles. The molecule has 3 aromatic heterocycles. The normalized spacial score (nSPS) is 11.7. The molecule has 0 atom stereocenters. The molecule has 7 aromatic carbocycles. The predicted molar refractivity (Wildman–Crippen MR) is 213 cm³/mol. The average molecular weight is 669 g/mol. The Bertz CT molecular complexity index is 2860. The second-order valence-corrected chi connectivity index (χ2v) is 13.5. The lowest BCUT2D eigenvalue weighted by Crippen LogP contribution is -2.04. The van der Waals surface area contributed by atoms with Crippen LogP contribution in [0.4, 0.5) is 0 Å². The van der Waals surface area contributed by atoms with Crippen LogP contribution in [0.15, 0.2) is 162 Å². The molecular formula is C47H32N4O. The highest BCUT2D eigenvalue weighted by atomic mass is 16.3. The molecule has 0 aliphatic rings. The van der Waals surface area contributed by atoms with Crippen LogP contribution >= 0.6 is 0 Å². The zero-order valence-corrected chi connectivity index (χ0v) is 28.7. The molecule has 0 aliphatic heterocycles. The lowest BCUT2D eigenvalue weighted by molar-refractivity contribution is 0.669. The van der Waals surface area contributed by atoms with Crippen molar-refractivity contribution in [1.82, 2.24) is 19.5 Å². The van der Waals surface area contributed by atoms with E-state index < -0.39 is 0 Å². The summed E-state index contributed by atoms with van der Waals surface area (Å²) in [6, 6.07) is 55.0. The molecule has 246 valence electrons. The van der Waals surface area contributed by atoms with Crippen LogP contribution in [0.2, 0.25) is 0 Å². The maximum Gasteiger partial charge on any atom is 0.166 e. The number of aromatic nitrogens is 4. The Balaban J connectivity index is 1.27. The van der Waals surface area contributed by atoms with Crippen molar-refractivity contribution in [3.05, 3.63) is 169 Å². The Morgan fingerprint density at radius 1 is 0.404 bits per heavy atom. The van der Waals surface area contributed by atoms with Gasteiger partial charge in [0.25, 0.3) is 0 Å². The van der Waals surface area contributed by atoms with Crippen molar-refractivity contribution >= 4 is 43.7 Å². The third-order valence-electron chi connectivity index (χ3n) is 9.97. The van der Waals surface area contributed by atoms with Gasteiger partial charge >= 0.3 is 0 Å². The molecule has 0 N–H and O–H groups in total. The van der Waals surface area contributed by atoms with Gasteiger partial charge in [0.2, 0.25) is 0 Å². The van der Waals surface area contributed by atoms with Crippen molar-refractivity contribution in [3.8, 4) is 51.0 Å². The number of rotatable bonds is 5. The molecule has 3 heterocycles. The topological polar surface area (TPSA) is 56.7 Å². The van der Waals surface area contributed by atoms with E-state index in [0.717, 1.165) is 66.5 Å². The van der Waals surface area contributed by atoms with Gasteiger partial charge in [-0.2, -0.15) is 0 Å². The fourth-order valence-corrected chi connectivity index (χ4v) is 7.43. The van der Waals surface area contributed by atoms with Gasteiger partial charge in [-0.15, -0.1) is 0 Å². The molecule has 5 heteroatoms. The number of nitrogens with zero attached hydrogens (tertiary/aromatic N) is 4. The Labute approximate surface area is 300 Å². The second kappa shape index (κ2) is 11.9. The summed E-state index contributed by atoms with van der Waals surface area (Å²) in [6.07, 6.45) is 0. The maximum absolute atomic E-state index is 6.32. The van der Waals surface area contributed by atoms with Gasteiger partial charge in [-0.3, -0.25) is 0 Å². The smallest absolute Gasteiger partial charge is 0.166 e. The van der Waals surface area contributed by atoms with Crippen molar-refractivity contribution in [2.24, 2.45) is 0 Å². The maximum atomic E-state index is 6.32. The summed E-state index contributed by atoms with van der Waals surface area (Å²) in [5, 5.41) is 4.65. The molecule has 0 aliphatic carbocycles. The fourth-order valence-electron chi connectivity index (χ4n) is 7.43. The van der Waals surface area contributed by atoms with Crippen LogP contribution < -0.4 is 0 Å². The predicted octanol–water partition coefficient (Wildman–Crippen LogP) is 12.2.